The lowest BCUT2D eigenvalue weighted by atomic mass is 10.2. The van der Waals surface area contributed by atoms with Gasteiger partial charge in [0.2, 0.25) is 0 Å². The predicted octanol–water partition coefficient (Wildman–Crippen LogP) is 3.37. The Hall–Kier alpha value is -0.550. The van der Waals surface area contributed by atoms with Crippen LogP contribution in [0.2, 0.25) is 10.0 Å². The van der Waals surface area contributed by atoms with Crippen molar-refractivity contribution in [3.63, 3.8) is 0 Å². The Bertz CT molecular complexity index is 509. The fourth-order valence-electron chi connectivity index (χ4n) is 1.10. The number of hydrogen-bond acceptors (Lipinski definition) is 3. The quantitative estimate of drug-likeness (QED) is 0.618. The summed E-state index contributed by atoms with van der Waals surface area (Å²) in [5, 5.41) is 0.991. The lowest BCUT2D eigenvalue weighted by Gasteiger charge is -1.98. The van der Waals surface area contributed by atoms with Crippen molar-refractivity contribution in [3.8, 4) is 0 Å². The van der Waals surface area contributed by atoms with Crippen molar-refractivity contribution in [2.75, 3.05) is 12.9 Å². The molecule has 1 rings (SSSR count). The minimum Gasteiger partial charge on any atom is -0.270 e. The summed E-state index contributed by atoms with van der Waals surface area (Å²) in [7, 11) is -3.35. The highest BCUT2D eigenvalue weighted by Gasteiger charge is 1.99. The topological polar surface area (TPSA) is 43.4 Å². The molecular formula is C11H12Cl2O3S. The number of rotatable bonds is 5. The zero-order chi connectivity index (χ0) is 12.9. The predicted molar refractivity (Wildman–Crippen MR) is 70.9 cm³/mol. The summed E-state index contributed by atoms with van der Waals surface area (Å²) in [6.45, 7) is 0.136. The number of benzene rings is 1. The highest BCUT2D eigenvalue weighted by molar-refractivity contribution is 7.85. The van der Waals surface area contributed by atoms with E-state index in [-0.39, 0.29) is 6.61 Å². The maximum Gasteiger partial charge on any atom is 0.264 e. The summed E-state index contributed by atoms with van der Waals surface area (Å²) >= 11 is 11.6. The fraction of sp³-hybridized carbons (Fsp3) is 0.273. The Morgan fingerprint density at radius 1 is 1.29 bits per heavy atom. The number of halogens is 2. The Morgan fingerprint density at radius 2 is 2.00 bits per heavy atom. The molecule has 1 aromatic carbocycles. The smallest absolute Gasteiger partial charge is 0.264 e. The zero-order valence-corrected chi connectivity index (χ0v) is 11.5. The summed E-state index contributed by atoms with van der Waals surface area (Å²) < 4.78 is 25.9. The van der Waals surface area contributed by atoms with Crippen molar-refractivity contribution < 1.29 is 12.6 Å². The maximum atomic E-state index is 10.7. The minimum absolute atomic E-state index is 0.136. The maximum absolute atomic E-state index is 10.7. The molecule has 0 N–H and O–H groups in total. The van der Waals surface area contributed by atoms with Gasteiger partial charge in [-0.15, -0.1) is 0 Å². The first-order valence-corrected chi connectivity index (χ1v) is 7.42. The van der Waals surface area contributed by atoms with Crippen LogP contribution in [0.5, 0.6) is 0 Å². The highest BCUT2D eigenvalue weighted by atomic mass is 35.5. The van der Waals surface area contributed by atoms with E-state index in [1.807, 2.05) is 18.2 Å². The second-order valence-corrected chi connectivity index (χ2v) is 5.85. The normalized spacial score (nSPS) is 12.2. The largest absolute Gasteiger partial charge is 0.270 e. The molecule has 0 amide bonds. The summed E-state index contributed by atoms with van der Waals surface area (Å²) in [6, 6.07) is 5.26. The average molecular weight is 295 g/mol. The van der Waals surface area contributed by atoms with Gasteiger partial charge in [-0.1, -0.05) is 41.4 Å². The van der Waals surface area contributed by atoms with E-state index in [0.717, 1.165) is 11.8 Å². The Morgan fingerprint density at radius 3 is 2.59 bits per heavy atom. The summed E-state index contributed by atoms with van der Waals surface area (Å²) in [5.74, 6) is 0. The standard InChI is InChI=1S/C11H12Cl2O3S/c1-17(14,15)16-7-3-2-4-9-5-6-10(12)11(13)8-9/h2,4-6,8H,3,7H2,1H3/b4-2+. The van der Waals surface area contributed by atoms with E-state index in [2.05, 4.69) is 4.18 Å². The van der Waals surface area contributed by atoms with E-state index in [1.54, 1.807) is 12.1 Å². The molecule has 0 aromatic heterocycles. The molecule has 0 aliphatic carbocycles. The van der Waals surface area contributed by atoms with Crippen LogP contribution in [-0.2, 0) is 14.3 Å². The Kier molecular flexibility index (Phi) is 5.46. The molecule has 0 unspecified atom stereocenters. The molecule has 0 heterocycles. The van der Waals surface area contributed by atoms with Crippen LogP contribution in [0, 0.1) is 0 Å². The Balaban J connectivity index is 2.46. The lowest BCUT2D eigenvalue weighted by molar-refractivity contribution is 0.329. The molecule has 0 aliphatic heterocycles. The third-order valence-electron chi connectivity index (χ3n) is 1.84. The molecule has 17 heavy (non-hydrogen) atoms. The van der Waals surface area contributed by atoms with Gasteiger partial charge in [0, 0.05) is 0 Å². The van der Waals surface area contributed by atoms with Crippen molar-refractivity contribution in [2.45, 2.75) is 6.42 Å². The van der Waals surface area contributed by atoms with Crippen LogP contribution in [-0.4, -0.2) is 21.3 Å². The molecule has 0 saturated heterocycles. The van der Waals surface area contributed by atoms with Gasteiger partial charge in [0.05, 0.1) is 22.9 Å². The van der Waals surface area contributed by atoms with Gasteiger partial charge in [-0.2, -0.15) is 8.42 Å². The van der Waals surface area contributed by atoms with Crippen LogP contribution in [0.25, 0.3) is 6.08 Å². The summed E-state index contributed by atoms with van der Waals surface area (Å²) in [4.78, 5) is 0. The monoisotopic (exact) mass is 294 g/mol. The molecule has 0 atom stereocenters. The first-order valence-electron chi connectivity index (χ1n) is 4.84. The highest BCUT2D eigenvalue weighted by Crippen LogP contribution is 2.23. The van der Waals surface area contributed by atoms with Crippen molar-refractivity contribution in [2.24, 2.45) is 0 Å². The third kappa shape index (κ3) is 6.07. The molecule has 0 saturated carbocycles. The second kappa shape index (κ2) is 6.40. The Labute approximate surface area is 111 Å². The van der Waals surface area contributed by atoms with Crippen molar-refractivity contribution in [3.05, 3.63) is 39.9 Å². The van der Waals surface area contributed by atoms with Gasteiger partial charge >= 0.3 is 0 Å². The third-order valence-corrected chi connectivity index (χ3v) is 3.17. The number of hydrogen-bond donors (Lipinski definition) is 0. The van der Waals surface area contributed by atoms with Gasteiger partial charge in [-0.25, -0.2) is 0 Å². The zero-order valence-electron chi connectivity index (χ0n) is 9.19. The van der Waals surface area contributed by atoms with Gasteiger partial charge in [-0.3, -0.25) is 4.18 Å². The van der Waals surface area contributed by atoms with E-state index < -0.39 is 10.1 Å². The molecule has 1 aromatic rings. The van der Waals surface area contributed by atoms with E-state index in [1.165, 1.54) is 0 Å². The van der Waals surface area contributed by atoms with E-state index in [0.29, 0.717) is 16.5 Å². The van der Waals surface area contributed by atoms with Gasteiger partial charge in [0.1, 0.15) is 0 Å². The molecule has 0 radical (unpaired) electrons. The first-order chi connectivity index (χ1) is 7.88. The van der Waals surface area contributed by atoms with Crippen LogP contribution in [0.15, 0.2) is 24.3 Å². The van der Waals surface area contributed by atoms with Gasteiger partial charge in [-0.05, 0) is 24.1 Å². The molecule has 3 nitrogen and oxygen atoms in total. The van der Waals surface area contributed by atoms with Gasteiger partial charge in [0.15, 0.2) is 0 Å². The molecule has 0 bridgehead atoms. The molecule has 0 aliphatic rings. The van der Waals surface area contributed by atoms with Gasteiger partial charge in [0.25, 0.3) is 10.1 Å². The van der Waals surface area contributed by atoms with E-state index in [4.69, 9.17) is 23.2 Å². The van der Waals surface area contributed by atoms with Crippen molar-refractivity contribution >= 4 is 39.4 Å². The summed E-state index contributed by atoms with van der Waals surface area (Å²) in [5.41, 5.74) is 0.902. The lowest BCUT2D eigenvalue weighted by Crippen LogP contribution is -2.02. The minimum atomic E-state index is -3.35. The van der Waals surface area contributed by atoms with Crippen LogP contribution >= 0.6 is 23.2 Å². The summed E-state index contributed by atoms with van der Waals surface area (Å²) in [6.07, 6.45) is 5.17. The first kappa shape index (κ1) is 14.5. The van der Waals surface area contributed by atoms with Crippen molar-refractivity contribution in [1.29, 1.82) is 0 Å². The molecule has 0 fully saturated rings. The molecule has 6 heteroatoms. The van der Waals surface area contributed by atoms with E-state index in [9.17, 15) is 8.42 Å². The average Bonchev–Trinajstić information content (AvgIpc) is 2.21. The fourth-order valence-corrected chi connectivity index (χ4v) is 1.81. The SMILES string of the molecule is CS(=O)(=O)OCC/C=C/c1ccc(Cl)c(Cl)c1. The van der Waals surface area contributed by atoms with Crippen LogP contribution in [0.3, 0.4) is 0 Å². The van der Waals surface area contributed by atoms with Crippen molar-refractivity contribution in [1.82, 2.24) is 0 Å². The molecular weight excluding hydrogens is 283 g/mol. The molecule has 0 spiro atoms. The van der Waals surface area contributed by atoms with Crippen LogP contribution in [0.4, 0.5) is 0 Å². The molecule has 94 valence electrons. The van der Waals surface area contributed by atoms with Crippen LogP contribution in [0.1, 0.15) is 12.0 Å². The second-order valence-electron chi connectivity index (χ2n) is 3.39. The van der Waals surface area contributed by atoms with Crippen LogP contribution < -0.4 is 0 Å². The van der Waals surface area contributed by atoms with Gasteiger partial charge < -0.3 is 0 Å². The van der Waals surface area contributed by atoms with E-state index >= 15 is 0 Å².